The number of alkyl halides is 1. The average molecular weight is 409 g/mol. The quantitative estimate of drug-likeness (QED) is 0.436. The third-order valence-electron chi connectivity index (χ3n) is 3.10. The summed E-state index contributed by atoms with van der Waals surface area (Å²) in [4.78, 5) is 11.0. The van der Waals surface area contributed by atoms with Crippen molar-refractivity contribution in [3.63, 3.8) is 0 Å². The van der Waals surface area contributed by atoms with Crippen LogP contribution in [0.4, 0.5) is 16.2 Å². The van der Waals surface area contributed by atoms with Gasteiger partial charge in [-0.15, -0.1) is 0 Å². The number of nitrogens with two attached hydrogens (primary N) is 1. The van der Waals surface area contributed by atoms with E-state index in [4.69, 9.17) is 10.5 Å². The monoisotopic (exact) mass is 409 g/mol. The predicted molar refractivity (Wildman–Crippen MR) is 94.0 cm³/mol. The molecule has 22 heavy (non-hydrogen) atoms. The molecule has 1 unspecified atom stereocenters. The second-order valence-electron chi connectivity index (χ2n) is 4.87. The molecule has 1 amide bonds. The Morgan fingerprint density at radius 3 is 2.14 bits per heavy atom. The molecule has 114 valence electrons. The average Bonchev–Trinajstić information content (AvgIpc) is 2.53. The van der Waals surface area contributed by atoms with Gasteiger partial charge in [-0.05, 0) is 36.8 Å². The topological polar surface area (TPSA) is 77.0 Å². The van der Waals surface area contributed by atoms with Gasteiger partial charge in [0.05, 0.1) is 11.4 Å². The smallest absolute Gasteiger partial charge is 0.405 e. The molecule has 0 heterocycles. The summed E-state index contributed by atoms with van der Waals surface area (Å²) in [5.74, 6) is 0. The van der Waals surface area contributed by atoms with Gasteiger partial charge in [-0.25, -0.2) is 4.79 Å². The van der Waals surface area contributed by atoms with Crippen LogP contribution in [-0.4, -0.2) is 10.5 Å². The largest absolute Gasteiger partial charge is 0.438 e. The fourth-order valence-electron chi connectivity index (χ4n) is 1.88. The number of carbonyl (C=O) groups excluding carboxylic acids is 1. The molecular formula is C16H16IN3O2. The van der Waals surface area contributed by atoms with Gasteiger partial charge in [-0.1, -0.05) is 52.9 Å². The summed E-state index contributed by atoms with van der Waals surface area (Å²) >= 11 is 2.16. The van der Waals surface area contributed by atoms with E-state index in [0.29, 0.717) is 4.43 Å². The van der Waals surface area contributed by atoms with Gasteiger partial charge in [-0.2, -0.15) is 10.2 Å². The number of hydrogen-bond donors (Lipinski definition) is 1. The summed E-state index contributed by atoms with van der Waals surface area (Å²) < 4.78 is 5.82. The SMILES string of the molecule is CC(CI)(OC(N)=O)c1ccc(N=Nc2ccccc2)cc1. The minimum absolute atomic E-state index is 0.596. The number of carbonyl (C=O) groups is 1. The molecule has 0 spiro atoms. The van der Waals surface area contributed by atoms with Crippen molar-refractivity contribution in [2.45, 2.75) is 12.5 Å². The Balaban J connectivity index is 2.16. The number of nitrogens with zero attached hydrogens (tertiary/aromatic N) is 2. The maximum atomic E-state index is 11.0. The minimum atomic E-state index is -0.785. The van der Waals surface area contributed by atoms with Crippen molar-refractivity contribution < 1.29 is 9.53 Å². The Kier molecular flexibility index (Phi) is 5.48. The lowest BCUT2D eigenvalue weighted by molar-refractivity contribution is 0.0493. The molecule has 5 nitrogen and oxygen atoms in total. The Labute approximate surface area is 142 Å². The summed E-state index contributed by atoms with van der Waals surface area (Å²) in [7, 11) is 0. The highest BCUT2D eigenvalue weighted by Crippen LogP contribution is 2.29. The Bertz CT molecular complexity index is 659. The lowest BCUT2D eigenvalue weighted by atomic mass is 9.98. The van der Waals surface area contributed by atoms with E-state index in [1.54, 1.807) is 0 Å². The van der Waals surface area contributed by atoms with Gasteiger partial charge in [0.1, 0.15) is 5.60 Å². The fraction of sp³-hybridized carbons (Fsp3) is 0.188. The number of primary amides is 1. The molecule has 2 aromatic carbocycles. The number of hydrogen-bond acceptors (Lipinski definition) is 4. The number of amides is 1. The molecule has 0 aliphatic rings. The molecule has 2 rings (SSSR count). The van der Waals surface area contributed by atoms with E-state index in [0.717, 1.165) is 16.9 Å². The molecule has 0 aliphatic carbocycles. The summed E-state index contributed by atoms with van der Waals surface area (Å²) in [6.07, 6.45) is -0.785. The van der Waals surface area contributed by atoms with Crippen molar-refractivity contribution in [3.8, 4) is 0 Å². The maximum absolute atomic E-state index is 11.0. The highest BCUT2D eigenvalue weighted by atomic mass is 127. The van der Waals surface area contributed by atoms with E-state index in [1.165, 1.54) is 0 Å². The van der Waals surface area contributed by atoms with Crippen molar-refractivity contribution in [2.24, 2.45) is 16.0 Å². The molecule has 2 N–H and O–H groups in total. The van der Waals surface area contributed by atoms with Crippen LogP contribution in [0, 0.1) is 0 Å². The molecule has 0 radical (unpaired) electrons. The normalized spacial score (nSPS) is 13.7. The van der Waals surface area contributed by atoms with Crippen LogP contribution in [0.5, 0.6) is 0 Å². The van der Waals surface area contributed by atoms with Crippen molar-refractivity contribution in [3.05, 3.63) is 60.2 Å². The number of azo groups is 1. The van der Waals surface area contributed by atoms with Gasteiger partial charge in [0, 0.05) is 4.43 Å². The van der Waals surface area contributed by atoms with Crippen LogP contribution in [0.3, 0.4) is 0 Å². The first-order valence-corrected chi connectivity index (χ1v) is 8.18. The van der Waals surface area contributed by atoms with E-state index in [9.17, 15) is 4.79 Å². The summed E-state index contributed by atoms with van der Waals surface area (Å²) in [5, 5.41) is 8.33. The van der Waals surface area contributed by atoms with Crippen molar-refractivity contribution in [2.75, 3.05) is 4.43 Å². The van der Waals surface area contributed by atoms with Crippen LogP contribution < -0.4 is 5.73 Å². The second-order valence-corrected chi connectivity index (χ2v) is 5.63. The van der Waals surface area contributed by atoms with Crippen molar-refractivity contribution in [1.29, 1.82) is 0 Å². The highest BCUT2D eigenvalue weighted by Gasteiger charge is 2.29. The van der Waals surface area contributed by atoms with Crippen LogP contribution in [0.25, 0.3) is 0 Å². The lowest BCUT2D eigenvalue weighted by Crippen LogP contribution is -2.33. The second kappa shape index (κ2) is 7.35. The molecule has 0 fully saturated rings. The first-order valence-electron chi connectivity index (χ1n) is 6.65. The van der Waals surface area contributed by atoms with Gasteiger partial charge in [0.25, 0.3) is 0 Å². The first kappa shape index (κ1) is 16.4. The zero-order valence-electron chi connectivity index (χ0n) is 12.1. The molecule has 0 aliphatic heterocycles. The van der Waals surface area contributed by atoms with Crippen molar-refractivity contribution >= 4 is 40.1 Å². The summed E-state index contributed by atoms with van der Waals surface area (Å²) in [6, 6.07) is 16.9. The number of benzene rings is 2. The van der Waals surface area contributed by atoms with E-state index in [2.05, 4.69) is 32.8 Å². The Morgan fingerprint density at radius 2 is 1.64 bits per heavy atom. The van der Waals surface area contributed by atoms with Gasteiger partial charge < -0.3 is 10.5 Å². The molecule has 0 saturated heterocycles. The number of halogens is 1. The Hall–Kier alpha value is -1.96. The summed E-state index contributed by atoms with van der Waals surface area (Å²) in [6.45, 7) is 1.82. The van der Waals surface area contributed by atoms with Crippen LogP contribution in [0.1, 0.15) is 12.5 Å². The van der Waals surface area contributed by atoms with Gasteiger partial charge in [-0.3, -0.25) is 0 Å². The number of ether oxygens (including phenoxy) is 1. The lowest BCUT2D eigenvalue weighted by Gasteiger charge is -2.27. The maximum Gasteiger partial charge on any atom is 0.405 e. The Morgan fingerprint density at radius 1 is 1.09 bits per heavy atom. The fourth-order valence-corrected chi connectivity index (χ4v) is 2.47. The van der Waals surface area contributed by atoms with E-state index < -0.39 is 11.7 Å². The zero-order valence-corrected chi connectivity index (χ0v) is 14.2. The first-order chi connectivity index (χ1) is 10.5. The number of rotatable bonds is 5. The molecule has 0 aromatic heterocycles. The third kappa shape index (κ3) is 4.27. The zero-order chi connectivity index (χ0) is 16.0. The molecule has 1 atom stereocenters. The highest BCUT2D eigenvalue weighted by molar-refractivity contribution is 14.1. The van der Waals surface area contributed by atoms with Crippen LogP contribution in [-0.2, 0) is 10.3 Å². The predicted octanol–water partition coefficient (Wildman–Crippen LogP) is 4.85. The van der Waals surface area contributed by atoms with E-state index in [-0.39, 0.29) is 0 Å². The van der Waals surface area contributed by atoms with E-state index in [1.807, 2.05) is 61.5 Å². The van der Waals surface area contributed by atoms with E-state index >= 15 is 0 Å². The molecular weight excluding hydrogens is 393 g/mol. The van der Waals surface area contributed by atoms with Gasteiger partial charge >= 0.3 is 6.09 Å². The van der Waals surface area contributed by atoms with Gasteiger partial charge in [0.15, 0.2) is 0 Å². The van der Waals surface area contributed by atoms with Crippen LogP contribution >= 0.6 is 22.6 Å². The summed E-state index contributed by atoms with van der Waals surface area (Å²) in [5.41, 5.74) is 6.76. The molecule has 6 heteroatoms. The molecule has 0 saturated carbocycles. The molecule has 0 bridgehead atoms. The minimum Gasteiger partial charge on any atom is -0.438 e. The van der Waals surface area contributed by atoms with Gasteiger partial charge in [0.2, 0.25) is 0 Å². The third-order valence-corrected chi connectivity index (χ3v) is 4.55. The molecule has 2 aromatic rings. The standard InChI is InChI=1S/C16H16IN3O2/c1-16(11-17,22-15(18)21)12-7-9-14(10-8-12)20-19-13-5-3-2-4-6-13/h2-10H,11H2,1H3,(H2,18,21). The van der Waals surface area contributed by atoms with Crippen LogP contribution in [0.15, 0.2) is 64.8 Å². The van der Waals surface area contributed by atoms with Crippen molar-refractivity contribution in [1.82, 2.24) is 0 Å². The van der Waals surface area contributed by atoms with Crippen LogP contribution in [0.2, 0.25) is 0 Å².